The summed E-state index contributed by atoms with van der Waals surface area (Å²) in [6.45, 7) is 0.195. The number of carbonyl (C=O) groups is 1. The highest BCUT2D eigenvalue weighted by atomic mass is 79.9. The lowest BCUT2D eigenvalue weighted by atomic mass is 10.2. The third-order valence-electron chi connectivity index (χ3n) is 2.59. The van der Waals surface area contributed by atoms with E-state index in [4.69, 9.17) is 9.84 Å². The molecule has 92 valence electrons. The van der Waals surface area contributed by atoms with E-state index in [2.05, 4.69) is 15.9 Å². The number of carbonyl (C=O) groups excluding carboxylic acids is 1. The van der Waals surface area contributed by atoms with Gasteiger partial charge in [-0.25, -0.2) is 4.39 Å². The van der Waals surface area contributed by atoms with E-state index in [0.717, 1.165) is 0 Å². The van der Waals surface area contributed by atoms with E-state index in [9.17, 15) is 9.18 Å². The number of halogens is 2. The number of aliphatic hydroxyl groups excluding tert-OH is 1. The number of anilines is 1. The minimum Gasteiger partial charge on any atom is -0.394 e. The fourth-order valence-corrected chi connectivity index (χ4v) is 2.01. The number of hydrogen-bond donors (Lipinski definition) is 1. The topological polar surface area (TPSA) is 49.8 Å². The minimum absolute atomic E-state index is 0.167. The maximum atomic E-state index is 13.4. The molecule has 0 amide bonds. The Hall–Kier alpha value is -0.980. The molecular weight excluding hydrogens is 293 g/mol. The molecule has 2 atom stereocenters. The highest BCUT2D eigenvalue weighted by Gasteiger charge is 2.32. The Morgan fingerprint density at radius 2 is 2.41 bits per heavy atom. The van der Waals surface area contributed by atoms with Crippen molar-refractivity contribution in [3.63, 3.8) is 0 Å². The van der Waals surface area contributed by atoms with E-state index in [-0.39, 0.29) is 6.61 Å². The van der Waals surface area contributed by atoms with Crippen LogP contribution >= 0.6 is 15.9 Å². The number of aliphatic hydroxyl groups is 1. The predicted octanol–water partition coefficient (Wildman–Crippen LogP) is 1.31. The molecule has 1 N–H and O–H groups in total. The van der Waals surface area contributed by atoms with Crippen LogP contribution in [-0.4, -0.2) is 36.9 Å². The van der Waals surface area contributed by atoms with Crippen molar-refractivity contribution >= 4 is 27.9 Å². The number of aldehydes is 1. The Morgan fingerprint density at radius 3 is 3.00 bits per heavy atom. The van der Waals surface area contributed by atoms with E-state index >= 15 is 0 Å². The second-order valence-electron chi connectivity index (χ2n) is 3.72. The summed E-state index contributed by atoms with van der Waals surface area (Å²) in [5.41, 5.74) is 0.554. The SMILES string of the molecule is O=CC1OC(CO)CN1c1ccc(Br)c(F)c1. The Kier molecular flexibility index (Phi) is 3.76. The first kappa shape index (κ1) is 12.5. The molecule has 1 aliphatic heterocycles. The van der Waals surface area contributed by atoms with Crippen LogP contribution in [-0.2, 0) is 9.53 Å². The summed E-state index contributed by atoms with van der Waals surface area (Å²) in [7, 11) is 0. The van der Waals surface area contributed by atoms with Gasteiger partial charge < -0.3 is 14.7 Å². The van der Waals surface area contributed by atoms with E-state index in [1.54, 1.807) is 17.0 Å². The second kappa shape index (κ2) is 5.12. The lowest BCUT2D eigenvalue weighted by Gasteiger charge is -2.20. The maximum absolute atomic E-state index is 13.4. The summed E-state index contributed by atoms with van der Waals surface area (Å²) in [6, 6.07) is 4.58. The molecule has 17 heavy (non-hydrogen) atoms. The standard InChI is InChI=1S/C11H11BrFNO3/c12-9-2-1-7(3-10(9)13)14-4-8(5-15)17-11(14)6-16/h1-3,6,8,11,15H,4-5H2. The fraction of sp³-hybridized carbons (Fsp3) is 0.364. The third-order valence-corrected chi connectivity index (χ3v) is 3.24. The van der Waals surface area contributed by atoms with Crippen molar-refractivity contribution < 1.29 is 19.0 Å². The summed E-state index contributed by atoms with van der Waals surface area (Å²) in [5.74, 6) is -0.403. The molecule has 1 saturated heterocycles. The lowest BCUT2D eigenvalue weighted by molar-refractivity contribution is -0.117. The molecule has 0 aliphatic carbocycles. The van der Waals surface area contributed by atoms with E-state index < -0.39 is 18.1 Å². The fourth-order valence-electron chi connectivity index (χ4n) is 1.76. The zero-order chi connectivity index (χ0) is 12.4. The van der Waals surface area contributed by atoms with E-state index in [0.29, 0.717) is 23.0 Å². The molecule has 4 nitrogen and oxygen atoms in total. The Bertz CT molecular complexity index is 429. The molecule has 0 radical (unpaired) electrons. The van der Waals surface area contributed by atoms with Crippen LogP contribution in [0.1, 0.15) is 0 Å². The molecule has 1 fully saturated rings. The van der Waals surface area contributed by atoms with Crippen molar-refractivity contribution in [3.8, 4) is 0 Å². The van der Waals surface area contributed by atoms with Gasteiger partial charge >= 0.3 is 0 Å². The summed E-state index contributed by atoms with van der Waals surface area (Å²) < 4.78 is 19.0. The molecule has 0 saturated carbocycles. The van der Waals surface area contributed by atoms with Gasteiger partial charge in [-0.2, -0.15) is 0 Å². The molecule has 0 bridgehead atoms. The van der Waals surface area contributed by atoms with Gasteiger partial charge in [-0.05, 0) is 34.1 Å². The number of hydrogen-bond acceptors (Lipinski definition) is 4. The zero-order valence-electron chi connectivity index (χ0n) is 8.85. The van der Waals surface area contributed by atoms with Crippen LogP contribution in [0.5, 0.6) is 0 Å². The van der Waals surface area contributed by atoms with Crippen molar-refractivity contribution in [1.82, 2.24) is 0 Å². The molecule has 1 aliphatic rings. The Balaban J connectivity index is 2.25. The van der Waals surface area contributed by atoms with Crippen LogP contribution in [0.25, 0.3) is 0 Å². The molecule has 2 rings (SSSR count). The number of nitrogens with zero attached hydrogens (tertiary/aromatic N) is 1. The van der Waals surface area contributed by atoms with Gasteiger partial charge in [0.25, 0.3) is 0 Å². The first-order valence-corrected chi connectivity index (χ1v) is 5.88. The van der Waals surface area contributed by atoms with Crippen molar-refractivity contribution in [2.24, 2.45) is 0 Å². The van der Waals surface area contributed by atoms with Gasteiger partial charge in [-0.3, -0.25) is 4.79 Å². The third kappa shape index (κ3) is 2.48. The van der Waals surface area contributed by atoms with Gasteiger partial charge in [0.15, 0.2) is 12.5 Å². The Morgan fingerprint density at radius 1 is 1.65 bits per heavy atom. The van der Waals surface area contributed by atoms with Gasteiger partial charge in [0.2, 0.25) is 0 Å². The minimum atomic E-state index is -0.771. The second-order valence-corrected chi connectivity index (χ2v) is 4.57. The first-order chi connectivity index (χ1) is 8.15. The van der Waals surface area contributed by atoms with E-state index in [1.165, 1.54) is 6.07 Å². The predicted molar refractivity (Wildman–Crippen MR) is 63.3 cm³/mol. The van der Waals surface area contributed by atoms with Crippen LogP contribution in [0.3, 0.4) is 0 Å². The van der Waals surface area contributed by atoms with Crippen LogP contribution in [0.15, 0.2) is 22.7 Å². The molecule has 1 heterocycles. The summed E-state index contributed by atoms with van der Waals surface area (Å²) in [6.07, 6.45) is -0.556. The normalized spacial score (nSPS) is 24.1. The molecule has 1 aromatic rings. The number of rotatable bonds is 3. The Labute approximate surface area is 106 Å². The van der Waals surface area contributed by atoms with Gasteiger partial charge in [0.1, 0.15) is 11.9 Å². The maximum Gasteiger partial charge on any atom is 0.187 e. The molecule has 1 aromatic carbocycles. The zero-order valence-corrected chi connectivity index (χ0v) is 10.4. The van der Waals surface area contributed by atoms with Crippen LogP contribution < -0.4 is 4.90 Å². The average Bonchev–Trinajstić information content (AvgIpc) is 2.76. The largest absolute Gasteiger partial charge is 0.394 e. The number of ether oxygens (including phenoxy) is 1. The molecule has 6 heteroatoms. The van der Waals surface area contributed by atoms with Crippen LogP contribution in [0.2, 0.25) is 0 Å². The van der Waals surface area contributed by atoms with Gasteiger partial charge in [0, 0.05) is 12.2 Å². The van der Waals surface area contributed by atoms with Crippen molar-refractivity contribution in [2.75, 3.05) is 18.1 Å². The monoisotopic (exact) mass is 303 g/mol. The van der Waals surface area contributed by atoms with Gasteiger partial charge in [-0.15, -0.1) is 0 Å². The summed E-state index contributed by atoms with van der Waals surface area (Å²) >= 11 is 3.06. The van der Waals surface area contributed by atoms with Crippen LogP contribution in [0.4, 0.5) is 10.1 Å². The molecule has 0 aromatic heterocycles. The highest BCUT2D eigenvalue weighted by molar-refractivity contribution is 9.10. The quantitative estimate of drug-likeness (QED) is 0.856. The molecule has 0 spiro atoms. The molecule has 2 unspecified atom stereocenters. The number of benzene rings is 1. The average molecular weight is 304 g/mol. The highest BCUT2D eigenvalue weighted by Crippen LogP contribution is 2.27. The van der Waals surface area contributed by atoms with Crippen molar-refractivity contribution in [2.45, 2.75) is 12.3 Å². The van der Waals surface area contributed by atoms with Gasteiger partial charge in [0.05, 0.1) is 11.1 Å². The van der Waals surface area contributed by atoms with Crippen molar-refractivity contribution in [1.29, 1.82) is 0 Å². The smallest absolute Gasteiger partial charge is 0.187 e. The first-order valence-electron chi connectivity index (χ1n) is 5.09. The summed E-state index contributed by atoms with van der Waals surface area (Å²) in [5, 5.41) is 8.99. The van der Waals surface area contributed by atoms with E-state index in [1.807, 2.05) is 0 Å². The molecular formula is C11H11BrFNO3. The summed E-state index contributed by atoms with van der Waals surface area (Å²) in [4.78, 5) is 12.5. The van der Waals surface area contributed by atoms with Crippen LogP contribution in [0, 0.1) is 5.82 Å². The van der Waals surface area contributed by atoms with Crippen molar-refractivity contribution in [3.05, 3.63) is 28.5 Å². The van der Waals surface area contributed by atoms with Gasteiger partial charge in [-0.1, -0.05) is 0 Å². The lowest BCUT2D eigenvalue weighted by Crippen LogP contribution is -2.31.